The number of hydrogen-bond acceptors (Lipinski definition) is 4. The molecule has 2 aromatic rings. The minimum absolute atomic E-state index is 0.186. The van der Waals surface area contributed by atoms with Crippen LogP contribution in [0.5, 0.6) is 0 Å². The number of methoxy groups -OCH3 is 1. The van der Waals surface area contributed by atoms with Crippen molar-refractivity contribution in [3.05, 3.63) is 70.8 Å². The first-order valence-corrected chi connectivity index (χ1v) is 8.00. The van der Waals surface area contributed by atoms with Crippen molar-refractivity contribution in [3.8, 4) is 0 Å². The van der Waals surface area contributed by atoms with Crippen molar-refractivity contribution in [2.45, 2.75) is 25.8 Å². The highest BCUT2D eigenvalue weighted by Gasteiger charge is 2.51. The number of amides is 2. The first kappa shape index (κ1) is 16.9. The second-order valence-corrected chi connectivity index (χ2v) is 6.42. The fraction of sp³-hybridized carbons (Fsp3) is 0.250. The molecule has 5 nitrogen and oxygen atoms in total. The minimum Gasteiger partial charge on any atom is -0.467 e. The number of imide groups is 1. The van der Waals surface area contributed by atoms with Gasteiger partial charge in [0, 0.05) is 6.42 Å². The smallest absolute Gasteiger partial charge is 0.332 e. The van der Waals surface area contributed by atoms with E-state index in [4.69, 9.17) is 4.74 Å². The van der Waals surface area contributed by atoms with Gasteiger partial charge in [0.25, 0.3) is 11.8 Å². The average molecular weight is 337 g/mol. The summed E-state index contributed by atoms with van der Waals surface area (Å²) >= 11 is 0. The number of carbonyl (C=O) groups excluding carboxylic acids is 3. The van der Waals surface area contributed by atoms with Crippen LogP contribution in [0.2, 0.25) is 0 Å². The van der Waals surface area contributed by atoms with Crippen molar-refractivity contribution in [1.82, 2.24) is 4.90 Å². The summed E-state index contributed by atoms with van der Waals surface area (Å²) in [6.45, 7) is 3.54. The predicted molar refractivity (Wildman–Crippen MR) is 92.2 cm³/mol. The van der Waals surface area contributed by atoms with Crippen molar-refractivity contribution >= 4 is 17.8 Å². The zero-order chi connectivity index (χ0) is 18.2. The Bertz CT molecular complexity index is 821. The molecule has 2 amide bonds. The molecule has 1 heterocycles. The van der Waals surface area contributed by atoms with Gasteiger partial charge < -0.3 is 4.74 Å². The van der Waals surface area contributed by atoms with Crippen molar-refractivity contribution in [1.29, 1.82) is 0 Å². The summed E-state index contributed by atoms with van der Waals surface area (Å²) in [6, 6.07) is 14.2. The van der Waals surface area contributed by atoms with Crippen molar-refractivity contribution < 1.29 is 19.1 Å². The van der Waals surface area contributed by atoms with Crippen LogP contribution in [0, 0.1) is 6.92 Å². The summed E-state index contributed by atoms with van der Waals surface area (Å²) in [6.07, 6.45) is 0.186. The first-order chi connectivity index (χ1) is 11.9. The normalized spacial score (nSPS) is 15.7. The largest absolute Gasteiger partial charge is 0.467 e. The number of nitrogens with zero attached hydrogens (tertiary/aromatic N) is 1. The molecule has 0 aromatic heterocycles. The van der Waals surface area contributed by atoms with E-state index in [9.17, 15) is 14.4 Å². The van der Waals surface area contributed by atoms with Crippen LogP contribution in [0.15, 0.2) is 48.5 Å². The molecule has 0 radical (unpaired) electrons. The molecule has 0 bridgehead atoms. The summed E-state index contributed by atoms with van der Waals surface area (Å²) in [5.41, 5.74) is 1.13. The quantitative estimate of drug-likeness (QED) is 0.636. The highest BCUT2D eigenvalue weighted by molar-refractivity contribution is 6.23. The van der Waals surface area contributed by atoms with Crippen LogP contribution in [0.1, 0.15) is 38.8 Å². The molecule has 0 saturated heterocycles. The number of fused-ring (bicyclic) bond motifs is 1. The number of rotatable bonds is 4. The molecule has 0 aliphatic carbocycles. The van der Waals surface area contributed by atoms with Gasteiger partial charge in [-0.3, -0.25) is 14.5 Å². The molecule has 1 aliphatic heterocycles. The fourth-order valence-electron chi connectivity index (χ4n) is 3.20. The van der Waals surface area contributed by atoms with Gasteiger partial charge in [-0.05, 0) is 31.5 Å². The maximum atomic E-state index is 12.8. The van der Waals surface area contributed by atoms with Gasteiger partial charge in [0.1, 0.15) is 5.54 Å². The summed E-state index contributed by atoms with van der Waals surface area (Å²) < 4.78 is 4.93. The van der Waals surface area contributed by atoms with Gasteiger partial charge in [-0.15, -0.1) is 0 Å². The Morgan fingerprint density at radius 3 is 2.00 bits per heavy atom. The van der Waals surface area contributed by atoms with Crippen LogP contribution < -0.4 is 0 Å². The Morgan fingerprint density at radius 2 is 1.52 bits per heavy atom. The van der Waals surface area contributed by atoms with Gasteiger partial charge in [0.2, 0.25) is 0 Å². The third-order valence-electron chi connectivity index (χ3n) is 4.58. The highest BCUT2D eigenvalue weighted by Crippen LogP contribution is 2.32. The summed E-state index contributed by atoms with van der Waals surface area (Å²) in [4.78, 5) is 39.2. The summed E-state index contributed by atoms with van der Waals surface area (Å²) in [5.74, 6) is -1.57. The maximum absolute atomic E-state index is 12.8. The van der Waals surface area contributed by atoms with E-state index in [0.29, 0.717) is 11.1 Å². The Balaban J connectivity index is 2.05. The van der Waals surface area contributed by atoms with E-state index in [-0.39, 0.29) is 6.42 Å². The van der Waals surface area contributed by atoms with E-state index in [1.165, 1.54) is 7.11 Å². The van der Waals surface area contributed by atoms with Crippen LogP contribution in [0.25, 0.3) is 0 Å². The van der Waals surface area contributed by atoms with Gasteiger partial charge in [0.05, 0.1) is 18.2 Å². The lowest BCUT2D eigenvalue weighted by Crippen LogP contribution is -2.57. The molecular formula is C20H19NO4. The second kappa shape index (κ2) is 6.16. The number of aryl methyl sites for hydroxylation is 1. The van der Waals surface area contributed by atoms with Crippen molar-refractivity contribution in [2.75, 3.05) is 7.11 Å². The molecule has 3 rings (SSSR count). The van der Waals surface area contributed by atoms with E-state index in [2.05, 4.69) is 0 Å². The van der Waals surface area contributed by atoms with Gasteiger partial charge in [-0.1, -0.05) is 42.0 Å². The molecule has 5 heteroatoms. The standard InChI is InChI=1S/C20H19NO4/c1-13-8-10-14(11-9-13)12-20(2,19(24)25-3)21-17(22)15-6-4-5-7-16(15)18(21)23/h4-11H,12H2,1-3H3/t20-/m0/s1. The lowest BCUT2D eigenvalue weighted by Gasteiger charge is -2.34. The Labute approximate surface area is 146 Å². The zero-order valence-corrected chi connectivity index (χ0v) is 14.4. The fourth-order valence-corrected chi connectivity index (χ4v) is 3.20. The van der Waals surface area contributed by atoms with Crippen LogP contribution in [0.4, 0.5) is 0 Å². The highest BCUT2D eigenvalue weighted by atomic mass is 16.5. The third kappa shape index (κ3) is 2.71. The van der Waals surface area contributed by atoms with Crippen molar-refractivity contribution in [2.24, 2.45) is 0 Å². The van der Waals surface area contributed by atoms with Crippen LogP contribution >= 0.6 is 0 Å². The minimum atomic E-state index is -1.42. The molecule has 0 N–H and O–H groups in total. The second-order valence-electron chi connectivity index (χ2n) is 6.42. The molecule has 0 unspecified atom stereocenters. The van der Waals surface area contributed by atoms with Gasteiger partial charge >= 0.3 is 5.97 Å². The Hall–Kier alpha value is -2.95. The molecule has 0 spiro atoms. The molecule has 0 fully saturated rings. The number of ether oxygens (including phenoxy) is 1. The maximum Gasteiger partial charge on any atom is 0.332 e. The molecule has 2 aromatic carbocycles. The lowest BCUT2D eigenvalue weighted by atomic mass is 9.90. The molecule has 0 saturated carbocycles. The van der Waals surface area contributed by atoms with E-state index >= 15 is 0 Å². The Kier molecular flexibility index (Phi) is 4.17. The van der Waals surface area contributed by atoms with Gasteiger partial charge in [0.15, 0.2) is 0 Å². The van der Waals surface area contributed by atoms with Crippen LogP contribution in [-0.4, -0.2) is 35.3 Å². The van der Waals surface area contributed by atoms with E-state index in [1.807, 2.05) is 31.2 Å². The van der Waals surface area contributed by atoms with E-state index in [0.717, 1.165) is 16.0 Å². The lowest BCUT2D eigenvalue weighted by molar-refractivity contribution is -0.151. The average Bonchev–Trinajstić information content (AvgIpc) is 2.88. The Morgan fingerprint density at radius 1 is 1.00 bits per heavy atom. The van der Waals surface area contributed by atoms with Crippen LogP contribution in [-0.2, 0) is 16.0 Å². The molecule has 128 valence electrons. The molecule has 25 heavy (non-hydrogen) atoms. The summed E-state index contributed by atoms with van der Waals surface area (Å²) in [5, 5.41) is 0. The first-order valence-electron chi connectivity index (χ1n) is 8.00. The third-order valence-corrected chi connectivity index (χ3v) is 4.58. The van der Waals surface area contributed by atoms with E-state index in [1.54, 1.807) is 31.2 Å². The van der Waals surface area contributed by atoms with E-state index < -0.39 is 23.3 Å². The number of hydrogen-bond donors (Lipinski definition) is 0. The molecule has 1 aliphatic rings. The molecule has 1 atom stereocenters. The number of esters is 1. The monoisotopic (exact) mass is 337 g/mol. The van der Waals surface area contributed by atoms with Crippen LogP contribution in [0.3, 0.4) is 0 Å². The molecular weight excluding hydrogens is 318 g/mol. The SMILES string of the molecule is COC(=O)[C@](C)(Cc1ccc(C)cc1)N1C(=O)c2ccccc2C1=O. The zero-order valence-electron chi connectivity index (χ0n) is 14.4. The number of benzene rings is 2. The predicted octanol–water partition coefficient (Wildman–Crippen LogP) is 2.77. The van der Waals surface area contributed by atoms with Gasteiger partial charge in [-0.2, -0.15) is 0 Å². The van der Waals surface area contributed by atoms with Crippen molar-refractivity contribution in [3.63, 3.8) is 0 Å². The number of carbonyl (C=O) groups is 3. The summed E-state index contributed by atoms with van der Waals surface area (Å²) in [7, 11) is 1.26. The topological polar surface area (TPSA) is 63.7 Å². The van der Waals surface area contributed by atoms with Gasteiger partial charge in [-0.25, -0.2) is 4.79 Å².